The predicted molar refractivity (Wildman–Crippen MR) is 44.2 cm³/mol. The van der Waals surface area contributed by atoms with Crippen molar-refractivity contribution in [1.29, 1.82) is 0 Å². The molecule has 2 saturated carbocycles. The number of aliphatic hydroxyl groups excluding tert-OH is 3. The molecule has 2 aliphatic carbocycles. The minimum Gasteiger partial charge on any atom is -0.480 e. The Labute approximate surface area is 80.0 Å². The lowest BCUT2D eigenvalue weighted by Crippen LogP contribution is -2.66. The lowest BCUT2D eigenvalue weighted by atomic mass is 9.77. The van der Waals surface area contributed by atoms with Gasteiger partial charge in [0.15, 0.2) is 0 Å². The van der Waals surface area contributed by atoms with E-state index in [1.54, 1.807) is 0 Å². The Morgan fingerprint density at radius 3 is 2.29 bits per heavy atom. The molecular weight excluding hydrogens is 190 g/mol. The van der Waals surface area contributed by atoms with Crippen molar-refractivity contribution < 1.29 is 25.2 Å². The number of aliphatic hydroxyl groups is 3. The molecule has 0 unspecified atom stereocenters. The van der Waals surface area contributed by atoms with Gasteiger partial charge in [0.1, 0.15) is 5.54 Å². The lowest BCUT2D eigenvalue weighted by molar-refractivity contribution is -0.160. The highest BCUT2D eigenvalue weighted by Gasteiger charge is 2.67. The maximum Gasteiger partial charge on any atom is 0.326 e. The summed E-state index contributed by atoms with van der Waals surface area (Å²) in [5.74, 6) is -2.73. The van der Waals surface area contributed by atoms with Crippen LogP contribution in [0.25, 0.3) is 0 Å². The van der Waals surface area contributed by atoms with Crippen LogP contribution in [0.4, 0.5) is 0 Å². The van der Waals surface area contributed by atoms with Crippen LogP contribution in [0.1, 0.15) is 6.42 Å². The fourth-order valence-corrected chi connectivity index (χ4v) is 2.72. The van der Waals surface area contributed by atoms with Gasteiger partial charge in [0, 0.05) is 11.8 Å². The minimum absolute atomic E-state index is 0.256. The second-order valence-electron chi connectivity index (χ2n) is 4.17. The maximum atomic E-state index is 10.9. The van der Waals surface area contributed by atoms with E-state index in [0.717, 1.165) is 0 Å². The molecule has 0 aromatic carbocycles. The summed E-state index contributed by atoms with van der Waals surface area (Å²) >= 11 is 0. The third-order valence-corrected chi connectivity index (χ3v) is 3.61. The normalized spacial score (nSPS) is 56.4. The molecule has 2 rings (SSSR count). The first-order valence-corrected chi connectivity index (χ1v) is 4.47. The van der Waals surface area contributed by atoms with Gasteiger partial charge in [0.25, 0.3) is 0 Å². The van der Waals surface area contributed by atoms with E-state index in [1.807, 2.05) is 0 Å². The van der Waals surface area contributed by atoms with Crippen LogP contribution in [0.3, 0.4) is 0 Å². The number of fused-ring (bicyclic) bond motifs is 2. The molecule has 2 fully saturated rings. The van der Waals surface area contributed by atoms with E-state index in [4.69, 9.17) is 10.8 Å². The Balaban J connectivity index is 2.37. The van der Waals surface area contributed by atoms with Gasteiger partial charge in [0.05, 0.1) is 18.3 Å². The number of hydrogen-bond donors (Lipinski definition) is 5. The quantitative estimate of drug-likeness (QED) is 0.321. The molecule has 6 atom stereocenters. The number of aliphatic carboxylic acids is 1. The van der Waals surface area contributed by atoms with Crippen LogP contribution in [0.2, 0.25) is 0 Å². The number of nitrogens with two attached hydrogens (primary N) is 1. The third-order valence-electron chi connectivity index (χ3n) is 3.61. The summed E-state index contributed by atoms with van der Waals surface area (Å²) in [7, 11) is 0. The summed E-state index contributed by atoms with van der Waals surface area (Å²) in [4.78, 5) is 10.9. The standard InChI is InChI=1S/C8H13NO5/c9-8(7(13)14)3-1-2(6(8)12)4(10)5(3)11/h2-6,10-12H,1,9H2,(H,13,14)/t2-,3+,4+,5-,6-,8+/m0/s1. The fraction of sp³-hybridized carbons (Fsp3) is 0.875. The first-order valence-electron chi connectivity index (χ1n) is 4.47. The van der Waals surface area contributed by atoms with E-state index < -0.39 is 41.7 Å². The topological polar surface area (TPSA) is 124 Å². The van der Waals surface area contributed by atoms with E-state index in [0.29, 0.717) is 0 Å². The average molecular weight is 203 g/mol. The number of carbonyl (C=O) groups is 1. The number of hydrogen-bond acceptors (Lipinski definition) is 5. The molecule has 6 N–H and O–H groups in total. The van der Waals surface area contributed by atoms with E-state index in [1.165, 1.54) is 0 Å². The largest absolute Gasteiger partial charge is 0.480 e. The summed E-state index contributed by atoms with van der Waals surface area (Å²) in [5, 5.41) is 37.4. The van der Waals surface area contributed by atoms with Crippen molar-refractivity contribution in [2.24, 2.45) is 17.6 Å². The molecule has 0 aliphatic heterocycles. The molecule has 0 spiro atoms. The molecule has 0 saturated heterocycles. The minimum atomic E-state index is -1.82. The van der Waals surface area contributed by atoms with Crippen LogP contribution in [-0.2, 0) is 4.79 Å². The number of carboxylic acids is 1. The van der Waals surface area contributed by atoms with Gasteiger partial charge >= 0.3 is 5.97 Å². The SMILES string of the molecule is N[C@]1(C(=O)O)[C@@H]2C[C@@H]([C@@H](O)[C@H]2O)[C@@H]1O. The highest BCUT2D eigenvalue weighted by atomic mass is 16.4. The van der Waals surface area contributed by atoms with Gasteiger partial charge in [-0.15, -0.1) is 0 Å². The molecule has 14 heavy (non-hydrogen) atoms. The molecular formula is C8H13NO5. The van der Waals surface area contributed by atoms with Crippen molar-refractivity contribution in [2.75, 3.05) is 0 Å². The summed E-state index contributed by atoms with van der Waals surface area (Å²) in [6.45, 7) is 0. The zero-order valence-corrected chi connectivity index (χ0v) is 7.37. The molecule has 2 bridgehead atoms. The molecule has 80 valence electrons. The van der Waals surface area contributed by atoms with Crippen molar-refractivity contribution in [3.05, 3.63) is 0 Å². The summed E-state index contributed by atoms with van der Waals surface area (Å²) < 4.78 is 0. The van der Waals surface area contributed by atoms with Crippen LogP contribution in [0.15, 0.2) is 0 Å². The van der Waals surface area contributed by atoms with Gasteiger partial charge in [-0.2, -0.15) is 0 Å². The first-order chi connectivity index (χ1) is 6.40. The zero-order chi connectivity index (χ0) is 10.7. The Hall–Kier alpha value is -0.690. The smallest absolute Gasteiger partial charge is 0.326 e. The van der Waals surface area contributed by atoms with Crippen LogP contribution >= 0.6 is 0 Å². The van der Waals surface area contributed by atoms with E-state index >= 15 is 0 Å². The second kappa shape index (κ2) is 2.66. The maximum absolute atomic E-state index is 10.9. The Morgan fingerprint density at radius 1 is 1.29 bits per heavy atom. The van der Waals surface area contributed by atoms with E-state index in [9.17, 15) is 20.1 Å². The monoisotopic (exact) mass is 203 g/mol. The lowest BCUT2D eigenvalue weighted by Gasteiger charge is -2.38. The van der Waals surface area contributed by atoms with Crippen LogP contribution in [0.5, 0.6) is 0 Å². The number of carboxylic acid groups (broad SMARTS) is 1. The summed E-state index contributed by atoms with van der Waals surface area (Å²) in [5.41, 5.74) is 3.75. The first kappa shape index (κ1) is 9.85. The highest BCUT2D eigenvalue weighted by Crippen LogP contribution is 2.49. The number of rotatable bonds is 1. The molecule has 2 aliphatic rings. The van der Waals surface area contributed by atoms with Gasteiger partial charge < -0.3 is 26.2 Å². The van der Waals surface area contributed by atoms with Crippen molar-refractivity contribution in [1.82, 2.24) is 0 Å². The van der Waals surface area contributed by atoms with Gasteiger partial charge in [-0.25, -0.2) is 0 Å². The van der Waals surface area contributed by atoms with Crippen LogP contribution in [0, 0.1) is 11.8 Å². The van der Waals surface area contributed by atoms with E-state index in [-0.39, 0.29) is 6.42 Å². The van der Waals surface area contributed by atoms with E-state index in [2.05, 4.69) is 0 Å². The molecule has 0 amide bonds. The van der Waals surface area contributed by atoms with Crippen molar-refractivity contribution in [2.45, 2.75) is 30.3 Å². The highest BCUT2D eigenvalue weighted by molar-refractivity contribution is 5.81. The second-order valence-corrected chi connectivity index (χ2v) is 4.17. The Morgan fingerprint density at radius 2 is 1.86 bits per heavy atom. The Kier molecular flexibility index (Phi) is 1.87. The average Bonchev–Trinajstić information content (AvgIpc) is 2.54. The molecule has 0 radical (unpaired) electrons. The van der Waals surface area contributed by atoms with Crippen LogP contribution < -0.4 is 5.73 Å². The predicted octanol–water partition coefficient (Wildman–Crippen LogP) is -2.50. The van der Waals surface area contributed by atoms with Gasteiger partial charge in [-0.1, -0.05) is 0 Å². The van der Waals surface area contributed by atoms with Gasteiger partial charge in [0.2, 0.25) is 0 Å². The molecule has 6 nitrogen and oxygen atoms in total. The third kappa shape index (κ3) is 0.864. The van der Waals surface area contributed by atoms with Crippen molar-refractivity contribution in [3.8, 4) is 0 Å². The van der Waals surface area contributed by atoms with Crippen molar-refractivity contribution >= 4 is 5.97 Å². The molecule has 6 heteroatoms. The van der Waals surface area contributed by atoms with Crippen molar-refractivity contribution in [3.63, 3.8) is 0 Å². The van der Waals surface area contributed by atoms with Crippen LogP contribution in [-0.4, -0.2) is 50.2 Å². The molecule has 0 heterocycles. The Bertz CT molecular complexity index is 283. The summed E-state index contributed by atoms with van der Waals surface area (Å²) in [6, 6.07) is 0. The molecule has 0 aromatic rings. The van der Waals surface area contributed by atoms with Gasteiger partial charge in [-0.05, 0) is 6.42 Å². The molecule has 0 aromatic heterocycles. The summed E-state index contributed by atoms with van der Waals surface area (Å²) in [6.07, 6.45) is -3.24. The van der Waals surface area contributed by atoms with Gasteiger partial charge in [-0.3, -0.25) is 4.79 Å². The zero-order valence-electron chi connectivity index (χ0n) is 7.37. The fourth-order valence-electron chi connectivity index (χ4n) is 2.72.